The largest absolute Gasteiger partial charge is 1.00 e. The first-order valence-corrected chi connectivity index (χ1v) is 9.14. The summed E-state index contributed by atoms with van der Waals surface area (Å²) in [4.78, 5) is 9.41. The average Bonchev–Trinajstić information content (AvgIpc) is 3.01. The molecular formula is C21H17ClFN3S. The van der Waals surface area contributed by atoms with Gasteiger partial charge in [-0.05, 0) is 54.4 Å². The summed E-state index contributed by atoms with van der Waals surface area (Å²) < 4.78 is 16.7. The first kappa shape index (κ1) is 19.1. The summed E-state index contributed by atoms with van der Waals surface area (Å²) in [5, 5.41) is 0. The van der Waals surface area contributed by atoms with E-state index in [1.807, 2.05) is 24.3 Å². The second-order valence-electron chi connectivity index (χ2n) is 6.06. The summed E-state index contributed by atoms with van der Waals surface area (Å²) in [6.45, 7) is 4.18. The lowest BCUT2D eigenvalue weighted by molar-refractivity contribution is -0.596. The number of halogens is 2. The second-order valence-corrected chi connectivity index (χ2v) is 7.12. The molecule has 3 heterocycles. The molecule has 0 aliphatic heterocycles. The van der Waals surface area contributed by atoms with Gasteiger partial charge in [0.05, 0.1) is 16.0 Å². The normalized spacial score (nSPS) is 10.5. The number of aryl methyl sites for hydroxylation is 1. The first-order valence-electron chi connectivity index (χ1n) is 8.26. The Morgan fingerprint density at radius 2 is 1.33 bits per heavy atom. The fourth-order valence-electron chi connectivity index (χ4n) is 3.05. The number of thiazole rings is 1. The van der Waals surface area contributed by atoms with E-state index in [2.05, 4.69) is 33.9 Å². The van der Waals surface area contributed by atoms with Crippen molar-refractivity contribution in [3.8, 4) is 27.9 Å². The zero-order valence-corrected chi connectivity index (χ0v) is 16.4. The Kier molecular flexibility index (Phi) is 5.63. The molecule has 3 nitrogen and oxygen atoms in total. The van der Waals surface area contributed by atoms with Gasteiger partial charge in [0.15, 0.2) is 5.69 Å². The highest BCUT2D eigenvalue weighted by Crippen LogP contribution is 2.34. The van der Waals surface area contributed by atoms with Crippen LogP contribution in [0.15, 0.2) is 66.7 Å². The number of aromatic nitrogens is 3. The van der Waals surface area contributed by atoms with Crippen molar-refractivity contribution in [1.82, 2.24) is 9.97 Å². The maximum absolute atomic E-state index is 14.6. The van der Waals surface area contributed by atoms with Crippen LogP contribution in [0.4, 0.5) is 4.39 Å². The molecule has 0 radical (unpaired) electrons. The van der Waals surface area contributed by atoms with Crippen LogP contribution >= 0.6 is 11.3 Å². The molecule has 0 amide bonds. The molecule has 0 saturated carbocycles. The van der Waals surface area contributed by atoms with Crippen LogP contribution < -0.4 is 17.0 Å². The summed E-state index contributed by atoms with van der Waals surface area (Å²) in [5.74, 6) is -0.266. The Bertz CT molecular complexity index is 1000. The van der Waals surface area contributed by atoms with Crippen molar-refractivity contribution in [3.05, 3.63) is 83.1 Å². The van der Waals surface area contributed by atoms with Gasteiger partial charge in [0.25, 0.3) is 0 Å². The average molecular weight is 398 g/mol. The summed E-state index contributed by atoms with van der Waals surface area (Å²) in [6, 6.07) is 10.8. The van der Waals surface area contributed by atoms with Crippen molar-refractivity contribution in [2.24, 2.45) is 0 Å². The van der Waals surface area contributed by atoms with Crippen molar-refractivity contribution >= 4 is 11.3 Å². The maximum atomic E-state index is 14.6. The lowest BCUT2D eigenvalue weighted by Crippen LogP contribution is -3.00. The zero-order chi connectivity index (χ0) is 18.1. The van der Waals surface area contributed by atoms with Crippen LogP contribution in [0.3, 0.4) is 0 Å². The molecule has 0 bridgehead atoms. The third-order valence-corrected chi connectivity index (χ3v) is 5.47. The number of rotatable bonds is 3. The molecule has 0 atom stereocenters. The SMILES string of the molecule is Cc1sc[n+](-c2c(-c3ccncc3)cc(F)cc2-c2ccncc2)c1C.[Cl-]. The monoisotopic (exact) mass is 397 g/mol. The fourth-order valence-corrected chi connectivity index (χ4v) is 3.84. The molecule has 3 aromatic heterocycles. The molecule has 4 aromatic rings. The molecule has 0 fully saturated rings. The van der Waals surface area contributed by atoms with Crippen LogP contribution in [0.25, 0.3) is 27.9 Å². The lowest BCUT2D eigenvalue weighted by Gasteiger charge is -2.11. The van der Waals surface area contributed by atoms with Gasteiger partial charge in [-0.25, -0.2) is 4.39 Å². The van der Waals surface area contributed by atoms with Gasteiger partial charge in [0.1, 0.15) is 5.82 Å². The summed E-state index contributed by atoms with van der Waals surface area (Å²) in [6.07, 6.45) is 6.91. The quantitative estimate of drug-likeness (QED) is 0.494. The standard InChI is InChI=1S/C21H17FN3S.ClH/c1-14-15(2)26-13-25(14)21-19(16-3-7-23-8-4-16)11-18(22)12-20(21)17-5-9-24-10-6-17;/h3-13H,1-2H3;1H/q+1;/p-1. The van der Waals surface area contributed by atoms with Gasteiger partial charge in [0.2, 0.25) is 11.2 Å². The van der Waals surface area contributed by atoms with Crippen molar-refractivity contribution in [1.29, 1.82) is 0 Å². The number of pyridine rings is 2. The fraction of sp³-hybridized carbons (Fsp3) is 0.0952. The minimum absolute atomic E-state index is 0. The van der Waals surface area contributed by atoms with Crippen LogP contribution in [0.1, 0.15) is 10.6 Å². The van der Waals surface area contributed by atoms with Gasteiger partial charge >= 0.3 is 0 Å². The summed E-state index contributed by atoms with van der Waals surface area (Å²) in [5.41, 5.74) is 7.72. The van der Waals surface area contributed by atoms with E-state index in [0.29, 0.717) is 0 Å². The number of hydrogen-bond donors (Lipinski definition) is 0. The highest BCUT2D eigenvalue weighted by molar-refractivity contribution is 7.09. The molecule has 27 heavy (non-hydrogen) atoms. The van der Waals surface area contributed by atoms with E-state index in [9.17, 15) is 4.39 Å². The van der Waals surface area contributed by atoms with Gasteiger partial charge in [-0.15, -0.1) is 0 Å². The lowest BCUT2D eigenvalue weighted by atomic mass is 9.96. The van der Waals surface area contributed by atoms with Crippen LogP contribution in [0.2, 0.25) is 0 Å². The Labute approximate surface area is 167 Å². The molecule has 4 rings (SSSR count). The van der Waals surface area contributed by atoms with Crippen molar-refractivity contribution in [3.63, 3.8) is 0 Å². The summed E-state index contributed by atoms with van der Waals surface area (Å²) in [7, 11) is 0. The Balaban J connectivity index is 0.00000210. The number of hydrogen-bond acceptors (Lipinski definition) is 3. The van der Waals surface area contributed by atoms with E-state index in [1.54, 1.807) is 48.3 Å². The molecule has 0 spiro atoms. The first-order chi connectivity index (χ1) is 12.6. The topological polar surface area (TPSA) is 29.7 Å². The highest BCUT2D eigenvalue weighted by Gasteiger charge is 2.26. The molecule has 1 aromatic carbocycles. The third-order valence-electron chi connectivity index (χ3n) is 4.50. The van der Waals surface area contributed by atoms with Crippen molar-refractivity contribution in [2.75, 3.05) is 0 Å². The maximum Gasteiger partial charge on any atom is 0.231 e. The second kappa shape index (κ2) is 7.94. The minimum atomic E-state index is -0.266. The molecule has 0 N–H and O–H groups in total. The Morgan fingerprint density at radius 3 is 1.74 bits per heavy atom. The smallest absolute Gasteiger partial charge is 0.231 e. The van der Waals surface area contributed by atoms with Crippen molar-refractivity contribution in [2.45, 2.75) is 13.8 Å². The third kappa shape index (κ3) is 3.61. The van der Waals surface area contributed by atoms with Crippen molar-refractivity contribution < 1.29 is 21.4 Å². The molecular weight excluding hydrogens is 381 g/mol. The van der Waals surface area contributed by atoms with Gasteiger partial charge in [0, 0.05) is 31.7 Å². The predicted octanol–water partition coefficient (Wildman–Crippen LogP) is 1.91. The van der Waals surface area contributed by atoms with E-state index >= 15 is 0 Å². The summed E-state index contributed by atoms with van der Waals surface area (Å²) >= 11 is 1.68. The zero-order valence-electron chi connectivity index (χ0n) is 14.9. The minimum Gasteiger partial charge on any atom is -1.00 e. The molecule has 0 aliphatic carbocycles. The van der Waals surface area contributed by atoms with Gasteiger partial charge in [-0.1, -0.05) is 11.3 Å². The molecule has 0 saturated heterocycles. The van der Waals surface area contributed by atoms with E-state index in [-0.39, 0.29) is 18.2 Å². The van der Waals surface area contributed by atoms with Gasteiger partial charge in [-0.3, -0.25) is 9.97 Å². The Hall–Kier alpha value is -2.63. The van der Waals surface area contributed by atoms with Crippen LogP contribution in [-0.4, -0.2) is 9.97 Å². The van der Waals surface area contributed by atoms with Crippen LogP contribution in [-0.2, 0) is 0 Å². The van der Waals surface area contributed by atoms with E-state index in [0.717, 1.165) is 33.6 Å². The number of nitrogens with zero attached hydrogens (tertiary/aromatic N) is 3. The number of benzene rings is 1. The highest BCUT2D eigenvalue weighted by atomic mass is 35.5. The van der Waals surface area contributed by atoms with E-state index < -0.39 is 0 Å². The van der Waals surface area contributed by atoms with Gasteiger partial charge < -0.3 is 12.4 Å². The van der Waals surface area contributed by atoms with Crippen LogP contribution in [0, 0.1) is 19.7 Å². The van der Waals surface area contributed by atoms with Crippen LogP contribution in [0.5, 0.6) is 0 Å². The van der Waals surface area contributed by atoms with E-state index in [4.69, 9.17) is 0 Å². The molecule has 0 unspecified atom stereocenters. The predicted molar refractivity (Wildman–Crippen MR) is 102 cm³/mol. The van der Waals surface area contributed by atoms with Gasteiger partial charge in [-0.2, -0.15) is 4.57 Å². The Morgan fingerprint density at radius 1 is 0.852 bits per heavy atom. The molecule has 0 aliphatic rings. The molecule has 6 heteroatoms. The molecule has 136 valence electrons. The van der Waals surface area contributed by atoms with E-state index in [1.165, 1.54) is 4.88 Å².